The zero-order chi connectivity index (χ0) is 12.4. The maximum Gasteiger partial charge on any atom is 0.326 e. The van der Waals surface area contributed by atoms with Crippen LogP contribution in [0.3, 0.4) is 0 Å². The highest BCUT2D eigenvalue weighted by atomic mass is 16.4. The molecular formula is C13H15NO3. The van der Waals surface area contributed by atoms with Gasteiger partial charge in [0.25, 0.3) is 0 Å². The molecule has 1 aliphatic heterocycles. The molecule has 1 saturated heterocycles. The maximum absolute atomic E-state index is 11.3. The molecule has 0 aromatic heterocycles. The number of Topliss-reactive ketones (excluding diaryl/α,β-unsaturated/α-hetero) is 1. The van der Waals surface area contributed by atoms with Crippen LogP contribution in [0.4, 0.5) is 5.69 Å². The highest BCUT2D eigenvalue weighted by Crippen LogP contribution is 2.26. The van der Waals surface area contributed by atoms with Crippen molar-refractivity contribution in [1.82, 2.24) is 0 Å². The molecule has 1 fully saturated rings. The summed E-state index contributed by atoms with van der Waals surface area (Å²) in [6.07, 6.45) is 1.54. The number of carbonyl (C=O) groups excluding carboxylic acids is 1. The van der Waals surface area contributed by atoms with E-state index in [1.54, 1.807) is 18.2 Å². The Kier molecular flexibility index (Phi) is 3.13. The van der Waals surface area contributed by atoms with Crippen molar-refractivity contribution in [3.63, 3.8) is 0 Å². The maximum atomic E-state index is 11.3. The van der Waals surface area contributed by atoms with Crippen LogP contribution in [0, 0.1) is 0 Å². The van der Waals surface area contributed by atoms with Gasteiger partial charge in [0.05, 0.1) is 0 Å². The minimum atomic E-state index is -0.796. The summed E-state index contributed by atoms with van der Waals surface area (Å²) in [7, 11) is 0. The molecule has 1 aromatic rings. The number of carboxylic acids is 1. The molecule has 1 aromatic carbocycles. The van der Waals surface area contributed by atoms with E-state index in [4.69, 9.17) is 5.11 Å². The molecule has 4 nitrogen and oxygen atoms in total. The standard InChI is InChI=1S/C13H15NO3/c1-9(15)10-4-2-5-11(8-10)14-7-3-6-12(14)13(16)17/h2,4-5,8,12H,3,6-7H2,1H3,(H,16,17)/t12-/m1/s1. The molecule has 1 atom stereocenters. The van der Waals surface area contributed by atoms with E-state index in [9.17, 15) is 9.59 Å². The SMILES string of the molecule is CC(=O)c1cccc(N2CCC[C@@H]2C(=O)O)c1. The van der Waals surface area contributed by atoms with Crippen LogP contribution in [-0.2, 0) is 4.79 Å². The summed E-state index contributed by atoms with van der Waals surface area (Å²) in [4.78, 5) is 24.2. The average molecular weight is 233 g/mol. The van der Waals surface area contributed by atoms with Crippen molar-refractivity contribution in [2.75, 3.05) is 11.4 Å². The molecule has 0 unspecified atom stereocenters. The van der Waals surface area contributed by atoms with E-state index in [2.05, 4.69) is 0 Å². The van der Waals surface area contributed by atoms with Crippen LogP contribution >= 0.6 is 0 Å². The van der Waals surface area contributed by atoms with Crippen molar-refractivity contribution in [2.24, 2.45) is 0 Å². The van der Waals surface area contributed by atoms with Crippen molar-refractivity contribution in [1.29, 1.82) is 0 Å². The van der Waals surface area contributed by atoms with Crippen LogP contribution in [0.2, 0.25) is 0 Å². The van der Waals surface area contributed by atoms with Crippen LogP contribution in [-0.4, -0.2) is 29.4 Å². The molecule has 1 heterocycles. The smallest absolute Gasteiger partial charge is 0.326 e. The zero-order valence-electron chi connectivity index (χ0n) is 9.72. The van der Waals surface area contributed by atoms with Gasteiger partial charge in [0, 0.05) is 17.8 Å². The van der Waals surface area contributed by atoms with Crippen LogP contribution in [0.1, 0.15) is 30.1 Å². The molecule has 0 bridgehead atoms. The Morgan fingerprint density at radius 2 is 2.18 bits per heavy atom. The first kappa shape index (κ1) is 11.6. The largest absolute Gasteiger partial charge is 0.480 e. The number of aliphatic carboxylic acids is 1. The molecular weight excluding hydrogens is 218 g/mol. The van der Waals surface area contributed by atoms with Gasteiger partial charge in [-0.05, 0) is 31.9 Å². The van der Waals surface area contributed by atoms with Crippen LogP contribution in [0.5, 0.6) is 0 Å². The summed E-state index contributed by atoms with van der Waals surface area (Å²) in [5.41, 5.74) is 1.45. The molecule has 1 aliphatic rings. The minimum absolute atomic E-state index is 0.00192. The Morgan fingerprint density at radius 3 is 2.82 bits per heavy atom. The van der Waals surface area contributed by atoms with Crippen LogP contribution in [0.25, 0.3) is 0 Å². The molecule has 0 aliphatic carbocycles. The Hall–Kier alpha value is -1.84. The third kappa shape index (κ3) is 2.30. The predicted octanol–water partition coefficient (Wildman–Crippen LogP) is 1.94. The second-order valence-electron chi connectivity index (χ2n) is 4.30. The Bertz CT molecular complexity index is 456. The lowest BCUT2D eigenvalue weighted by Crippen LogP contribution is -2.35. The second-order valence-corrected chi connectivity index (χ2v) is 4.30. The number of benzene rings is 1. The van der Waals surface area contributed by atoms with Gasteiger partial charge in [-0.15, -0.1) is 0 Å². The molecule has 17 heavy (non-hydrogen) atoms. The van der Waals surface area contributed by atoms with Crippen molar-refractivity contribution < 1.29 is 14.7 Å². The Balaban J connectivity index is 2.30. The van der Waals surface area contributed by atoms with E-state index in [0.29, 0.717) is 12.0 Å². The van der Waals surface area contributed by atoms with E-state index in [0.717, 1.165) is 18.7 Å². The summed E-state index contributed by atoms with van der Waals surface area (Å²) >= 11 is 0. The van der Waals surface area contributed by atoms with Gasteiger partial charge < -0.3 is 10.0 Å². The van der Waals surface area contributed by atoms with E-state index in [1.807, 2.05) is 11.0 Å². The third-order valence-electron chi connectivity index (χ3n) is 3.12. The summed E-state index contributed by atoms with van der Waals surface area (Å²) in [6.45, 7) is 2.25. The summed E-state index contributed by atoms with van der Waals surface area (Å²) in [5.74, 6) is -0.798. The zero-order valence-corrected chi connectivity index (χ0v) is 9.72. The molecule has 0 amide bonds. The van der Waals surface area contributed by atoms with Crippen molar-refractivity contribution in [3.05, 3.63) is 29.8 Å². The first-order valence-electron chi connectivity index (χ1n) is 5.70. The fraction of sp³-hybridized carbons (Fsp3) is 0.385. The normalized spacial score (nSPS) is 19.4. The fourth-order valence-electron chi connectivity index (χ4n) is 2.24. The molecule has 0 radical (unpaired) electrons. The topological polar surface area (TPSA) is 57.6 Å². The molecule has 0 spiro atoms. The Morgan fingerprint density at radius 1 is 1.41 bits per heavy atom. The predicted molar refractivity (Wildman–Crippen MR) is 64.5 cm³/mol. The monoisotopic (exact) mass is 233 g/mol. The van der Waals surface area contributed by atoms with Crippen molar-refractivity contribution >= 4 is 17.4 Å². The number of anilines is 1. The van der Waals surface area contributed by atoms with Crippen LogP contribution < -0.4 is 4.90 Å². The number of ketones is 1. The highest BCUT2D eigenvalue weighted by Gasteiger charge is 2.30. The Labute approximate surface area is 99.9 Å². The average Bonchev–Trinajstić information content (AvgIpc) is 2.78. The van der Waals surface area contributed by atoms with Gasteiger partial charge in [-0.25, -0.2) is 4.79 Å². The van der Waals surface area contributed by atoms with E-state index in [-0.39, 0.29) is 5.78 Å². The number of rotatable bonds is 3. The minimum Gasteiger partial charge on any atom is -0.480 e. The summed E-state index contributed by atoms with van der Waals surface area (Å²) in [5, 5.41) is 9.11. The molecule has 0 saturated carbocycles. The number of hydrogen-bond donors (Lipinski definition) is 1. The van der Waals surface area contributed by atoms with Gasteiger partial charge in [-0.2, -0.15) is 0 Å². The van der Waals surface area contributed by atoms with Gasteiger partial charge >= 0.3 is 5.97 Å². The lowest BCUT2D eigenvalue weighted by Gasteiger charge is -2.23. The van der Waals surface area contributed by atoms with E-state index in [1.165, 1.54) is 6.92 Å². The first-order valence-corrected chi connectivity index (χ1v) is 5.70. The number of nitrogens with zero attached hydrogens (tertiary/aromatic N) is 1. The van der Waals surface area contributed by atoms with Gasteiger partial charge in [0.1, 0.15) is 6.04 Å². The van der Waals surface area contributed by atoms with Gasteiger partial charge in [0.15, 0.2) is 5.78 Å². The fourth-order valence-corrected chi connectivity index (χ4v) is 2.24. The molecule has 2 rings (SSSR count). The van der Waals surface area contributed by atoms with Gasteiger partial charge in [-0.1, -0.05) is 12.1 Å². The number of carbonyl (C=O) groups is 2. The summed E-state index contributed by atoms with van der Waals surface area (Å²) < 4.78 is 0. The first-order chi connectivity index (χ1) is 8.09. The van der Waals surface area contributed by atoms with E-state index < -0.39 is 12.0 Å². The van der Waals surface area contributed by atoms with Crippen molar-refractivity contribution in [2.45, 2.75) is 25.8 Å². The summed E-state index contributed by atoms with van der Waals surface area (Å²) in [6, 6.07) is 6.70. The van der Waals surface area contributed by atoms with Crippen molar-refractivity contribution in [3.8, 4) is 0 Å². The lowest BCUT2D eigenvalue weighted by molar-refractivity contribution is -0.138. The quantitative estimate of drug-likeness (QED) is 0.810. The number of carboxylic acid groups (broad SMARTS) is 1. The second kappa shape index (κ2) is 4.57. The van der Waals surface area contributed by atoms with E-state index >= 15 is 0 Å². The van der Waals surface area contributed by atoms with Crippen LogP contribution in [0.15, 0.2) is 24.3 Å². The molecule has 90 valence electrons. The van der Waals surface area contributed by atoms with Gasteiger partial charge in [0.2, 0.25) is 0 Å². The molecule has 1 N–H and O–H groups in total. The highest BCUT2D eigenvalue weighted by molar-refractivity contribution is 5.95. The third-order valence-corrected chi connectivity index (χ3v) is 3.12. The lowest BCUT2D eigenvalue weighted by atomic mass is 10.1. The molecule has 4 heteroatoms. The van der Waals surface area contributed by atoms with Gasteiger partial charge in [-0.3, -0.25) is 4.79 Å². The number of hydrogen-bond acceptors (Lipinski definition) is 3.